The summed E-state index contributed by atoms with van der Waals surface area (Å²) in [6, 6.07) is 0. The van der Waals surface area contributed by atoms with E-state index >= 15 is 0 Å². The van der Waals surface area contributed by atoms with Gasteiger partial charge >= 0.3 is 0 Å². The van der Waals surface area contributed by atoms with Gasteiger partial charge in [0.1, 0.15) is 5.82 Å². The fraction of sp³-hybridized carbons (Fsp3) is 0.727. The highest BCUT2D eigenvalue weighted by atomic mass is 16.2. The molecule has 0 unspecified atom stereocenters. The van der Waals surface area contributed by atoms with E-state index in [0.717, 1.165) is 56.0 Å². The van der Waals surface area contributed by atoms with E-state index in [2.05, 4.69) is 4.98 Å². The number of nitrogens with zero attached hydrogens (tertiary/aromatic N) is 4. The Morgan fingerprint density at radius 3 is 2.57 bits per heavy atom. The third-order valence-corrected chi connectivity index (χ3v) is 7.44. The first-order valence-electron chi connectivity index (χ1n) is 11.0. The van der Waals surface area contributed by atoms with Gasteiger partial charge in [0.05, 0.1) is 5.69 Å². The predicted molar refractivity (Wildman–Crippen MR) is 104 cm³/mol. The van der Waals surface area contributed by atoms with Crippen LogP contribution in [-0.4, -0.2) is 51.2 Å². The van der Waals surface area contributed by atoms with Gasteiger partial charge in [-0.25, -0.2) is 9.97 Å². The van der Waals surface area contributed by atoms with E-state index in [-0.39, 0.29) is 11.8 Å². The molecule has 6 nitrogen and oxygen atoms in total. The number of hydrogen-bond donors (Lipinski definition) is 0. The molecule has 4 aliphatic rings. The molecule has 3 heterocycles. The van der Waals surface area contributed by atoms with Gasteiger partial charge in [0.2, 0.25) is 11.8 Å². The molecule has 2 saturated carbocycles. The first-order chi connectivity index (χ1) is 13.6. The lowest BCUT2D eigenvalue weighted by Crippen LogP contribution is -2.39. The average molecular weight is 383 g/mol. The lowest BCUT2D eigenvalue weighted by Gasteiger charge is -2.32. The molecule has 28 heavy (non-hydrogen) atoms. The smallest absolute Gasteiger partial charge is 0.226 e. The summed E-state index contributed by atoms with van der Waals surface area (Å²) in [4.78, 5) is 38.2. The molecular weight excluding hydrogens is 352 g/mol. The van der Waals surface area contributed by atoms with Crippen molar-refractivity contribution >= 4 is 11.8 Å². The molecule has 0 N–H and O–H groups in total. The van der Waals surface area contributed by atoms with Crippen LogP contribution in [0.5, 0.6) is 0 Å². The summed E-state index contributed by atoms with van der Waals surface area (Å²) < 4.78 is 0. The Hall–Kier alpha value is -1.98. The number of amides is 2. The zero-order valence-corrected chi connectivity index (χ0v) is 16.8. The zero-order chi connectivity index (χ0) is 19.3. The molecule has 3 fully saturated rings. The molecule has 1 aromatic rings. The van der Waals surface area contributed by atoms with Gasteiger partial charge in [-0.05, 0) is 37.5 Å². The Labute approximate surface area is 166 Å². The SMILES string of the molecule is CC(=O)N1CCC[C@H](c2ncc3c(n2)CCN(C(=O)C2[C@H]4CCCC[C@H]24)C3)C1. The second kappa shape index (κ2) is 7.12. The first-order valence-corrected chi connectivity index (χ1v) is 11.0. The largest absolute Gasteiger partial charge is 0.342 e. The third-order valence-electron chi connectivity index (χ3n) is 7.44. The lowest BCUT2D eigenvalue weighted by atomic mass is 9.96. The molecule has 0 aromatic carbocycles. The van der Waals surface area contributed by atoms with Crippen LogP contribution in [0, 0.1) is 17.8 Å². The third kappa shape index (κ3) is 3.20. The number of aromatic nitrogens is 2. The Bertz CT molecular complexity index is 783. The van der Waals surface area contributed by atoms with Crippen LogP contribution >= 0.6 is 0 Å². The number of likely N-dealkylation sites (tertiary alicyclic amines) is 1. The summed E-state index contributed by atoms with van der Waals surface area (Å²) in [5, 5.41) is 0. The normalized spacial score (nSPS) is 31.8. The fourth-order valence-corrected chi connectivity index (χ4v) is 5.76. The van der Waals surface area contributed by atoms with E-state index in [1.54, 1.807) is 6.92 Å². The molecule has 2 amide bonds. The van der Waals surface area contributed by atoms with Crippen molar-refractivity contribution in [2.45, 2.75) is 64.3 Å². The van der Waals surface area contributed by atoms with E-state index < -0.39 is 0 Å². The number of carbonyl (C=O) groups excluding carboxylic acids is 2. The number of piperidine rings is 1. The molecule has 6 heteroatoms. The minimum absolute atomic E-state index is 0.137. The van der Waals surface area contributed by atoms with Crippen LogP contribution in [0.4, 0.5) is 0 Å². The summed E-state index contributed by atoms with van der Waals surface area (Å²) in [5.41, 5.74) is 2.20. The molecule has 150 valence electrons. The van der Waals surface area contributed by atoms with Crippen molar-refractivity contribution in [2.24, 2.45) is 17.8 Å². The highest BCUT2D eigenvalue weighted by Crippen LogP contribution is 2.56. The van der Waals surface area contributed by atoms with Gasteiger partial charge in [-0.1, -0.05) is 12.8 Å². The minimum Gasteiger partial charge on any atom is -0.342 e. The van der Waals surface area contributed by atoms with Crippen LogP contribution in [0.2, 0.25) is 0 Å². The maximum Gasteiger partial charge on any atom is 0.226 e. The van der Waals surface area contributed by atoms with Gasteiger partial charge in [0.25, 0.3) is 0 Å². The fourth-order valence-electron chi connectivity index (χ4n) is 5.76. The van der Waals surface area contributed by atoms with Crippen molar-refractivity contribution in [3.63, 3.8) is 0 Å². The molecule has 0 bridgehead atoms. The van der Waals surface area contributed by atoms with Crippen molar-refractivity contribution in [2.75, 3.05) is 19.6 Å². The Balaban J connectivity index is 1.26. The standard InChI is InChI=1S/C22H30N4O2/c1-14(27)25-9-4-5-15(12-25)21-23-11-16-13-26(10-8-19(16)24-21)22(28)20-17-6-2-3-7-18(17)20/h11,15,17-18,20H,2-10,12-13H2,1H3/t15-,17-,18-/m0/s1. The van der Waals surface area contributed by atoms with Crippen molar-refractivity contribution in [1.82, 2.24) is 19.8 Å². The van der Waals surface area contributed by atoms with Gasteiger partial charge < -0.3 is 9.80 Å². The van der Waals surface area contributed by atoms with Gasteiger partial charge in [-0.15, -0.1) is 0 Å². The maximum atomic E-state index is 13.0. The summed E-state index contributed by atoms with van der Waals surface area (Å²) >= 11 is 0. The Morgan fingerprint density at radius 1 is 1.04 bits per heavy atom. The van der Waals surface area contributed by atoms with Gasteiger partial charge in [-0.3, -0.25) is 9.59 Å². The molecule has 5 rings (SSSR count). The molecule has 0 radical (unpaired) electrons. The topological polar surface area (TPSA) is 66.4 Å². The van der Waals surface area contributed by atoms with Gasteiger partial charge in [0, 0.05) is 63.1 Å². The number of hydrogen-bond acceptors (Lipinski definition) is 4. The minimum atomic E-state index is 0.137. The van der Waals surface area contributed by atoms with E-state index in [4.69, 9.17) is 4.98 Å². The summed E-state index contributed by atoms with van der Waals surface area (Å²) in [6.07, 6.45) is 9.90. The molecule has 2 aliphatic carbocycles. The molecule has 0 spiro atoms. The van der Waals surface area contributed by atoms with Crippen LogP contribution in [0.3, 0.4) is 0 Å². The molecule has 1 aromatic heterocycles. The predicted octanol–water partition coefficient (Wildman–Crippen LogP) is 2.52. The van der Waals surface area contributed by atoms with E-state index in [1.165, 1.54) is 25.7 Å². The summed E-state index contributed by atoms with van der Waals surface area (Å²) in [5.74, 6) is 3.24. The second-order valence-corrected chi connectivity index (χ2v) is 9.15. The van der Waals surface area contributed by atoms with Crippen LogP contribution in [0.25, 0.3) is 0 Å². The van der Waals surface area contributed by atoms with Crippen molar-refractivity contribution < 1.29 is 9.59 Å². The number of carbonyl (C=O) groups is 2. The second-order valence-electron chi connectivity index (χ2n) is 9.15. The number of fused-ring (bicyclic) bond motifs is 2. The van der Waals surface area contributed by atoms with Crippen LogP contribution < -0.4 is 0 Å². The van der Waals surface area contributed by atoms with Crippen molar-refractivity contribution in [3.8, 4) is 0 Å². The monoisotopic (exact) mass is 382 g/mol. The Kier molecular flexibility index (Phi) is 4.60. The first kappa shape index (κ1) is 18.1. The zero-order valence-electron chi connectivity index (χ0n) is 16.8. The van der Waals surface area contributed by atoms with Gasteiger partial charge in [0.15, 0.2) is 0 Å². The van der Waals surface area contributed by atoms with E-state index in [9.17, 15) is 9.59 Å². The van der Waals surface area contributed by atoms with Crippen LogP contribution in [0.1, 0.15) is 68.4 Å². The van der Waals surface area contributed by atoms with Crippen molar-refractivity contribution in [3.05, 3.63) is 23.3 Å². The van der Waals surface area contributed by atoms with E-state index in [1.807, 2.05) is 16.0 Å². The summed E-state index contributed by atoms with van der Waals surface area (Å²) in [6.45, 7) is 4.65. The highest BCUT2D eigenvalue weighted by Gasteiger charge is 2.55. The summed E-state index contributed by atoms with van der Waals surface area (Å²) in [7, 11) is 0. The Morgan fingerprint density at radius 2 is 1.82 bits per heavy atom. The molecular formula is C22H30N4O2. The van der Waals surface area contributed by atoms with Crippen LogP contribution in [-0.2, 0) is 22.6 Å². The molecule has 3 atom stereocenters. The molecule has 1 saturated heterocycles. The van der Waals surface area contributed by atoms with Gasteiger partial charge in [-0.2, -0.15) is 0 Å². The quantitative estimate of drug-likeness (QED) is 0.788. The lowest BCUT2D eigenvalue weighted by molar-refractivity contribution is -0.134. The van der Waals surface area contributed by atoms with Crippen LogP contribution in [0.15, 0.2) is 6.20 Å². The maximum absolute atomic E-state index is 13.0. The van der Waals surface area contributed by atoms with Crippen molar-refractivity contribution in [1.29, 1.82) is 0 Å². The average Bonchev–Trinajstić information content (AvgIpc) is 3.47. The number of rotatable bonds is 2. The van der Waals surface area contributed by atoms with E-state index in [0.29, 0.717) is 30.2 Å². The highest BCUT2D eigenvalue weighted by molar-refractivity contribution is 5.82. The molecule has 2 aliphatic heterocycles.